The molecule has 5 heteroatoms. The van der Waals surface area contributed by atoms with Gasteiger partial charge in [-0.3, -0.25) is 9.89 Å². The van der Waals surface area contributed by atoms with Crippen molar-refractivity contribution >= 4 is 5.96 Å². The van der Waals surface area contributed by atoms with Gasteiger partial charge in [-0.25, -0.2) is 0 Å². The van der Waals surface area contributed by atoms with E-state index in [1.165, 1.54) is 18.4 Å². The third-order valence-corrected chi connectivity index (χ3v) is 5.57. The van der Waals surface area contributed by atoms with Crippen LogP contribution in [-0.2, 0) is 4.74 Å². The first kappa shape index (κ1) is 15.9. The van der Waals surface area contributed by atoms with E-state index in [1.54, 1.807) is 0 Å². The topological polar surface area (TPSA) is 40.1 Å². The average molecular weight is 328 g/mol. The van der Waals surface area contributed by atoms with E-state index in [0.717, 1.165) is 45.4 Å². The molecule has 3 aliphatic rings. The summed E-state index contributed by atoms with van der Waals surface area (Å²) < 4.78 is 5.48. The van der Waals surface area contributed by atoms with Gasteiger partial charge in [0.2, 0.25) is 0 Å². The second-order valence-electron chi connectivity index (χ2n) is 7.09. The molecular weight excluding hydrogens is 300 g/mol. The zero-order chi connectivity index (χ0) is 16.4. The number of benzene rings is 1. The summed E-state index contributed by atoms with van der Waals surface area (Å²) in [4.78, 5) is 9.56. The fourth-order valence-electron chi connectivity index (χ4n) is 4.06. The normalized spacial score (nSPS) is 31.3. The lowest BCUT2D eigenvalue weighted by Crippen LogP contribution is -2.47. The number of morpholine rings is 1. The highest BCUT2D eigenvalue weighted by Gasteiger charge is 2.40. The summed E-state index contributed by atoms with van der Waals surface area (Å²) >= 11 is 0. The predicted octanol–water partition coefficient (Wildman–Crippen LogP) is 1.52. The first-order chi connectivity index (χ1) is 11.8. The number of ether oxygens (including phenoxy) is 1. The van der Waals surface area contributed by atoms with E-state index < -0.39 is 0 Å². The summed E-state index contributed by atoms with van der Waals surface area (Å²) in [5, 5.41) is 3.69. The average Bonchev–Trinajstić information content (AvgIpc) is 3.25. The number of hydrogen-bond donors (Lipinski definition) is 1. The minimum absolute atomic E-state index is 0.536. The number of guanidine groups is 1. The summed E-state index contributed by atoms with van der Waals surface area (Å²) in [6.45, 7) is 6.09. The van der Waals surface area contributed by atoms with Crippen LogP contribution < -0.4 is 5.32 Å². The van der Waals surface area contributed by atoms with Crippen LogP contribution in [0.5, 0.6) is 0 Å². The minimum Gasteiger partial charge on any atom is -0.379 e. The Bertz CT molecular complexity index is 570. The number of nitrogens with one attached hydrogen (secondary N) is 1. The second kappa shape index (κ2) is 7.11. The van der Waals surface area contributed by atoms with Crippen LogP contribution in [0.1, 0.15) is 24.3 Å². The summed E-state index contributed by atoms with van der Waals surface area (Å²) in [5.74, 6) is 1.72. The number of hydrogen-bond acceptors (Lipinski definition) is 3. The Kier molecular flexibility index (Phi) is 4.72. The summed E-state index contributed by atoms with van der Waals surface area (Å²) in [6, 6.07) is 12.0. The first-order valence-corrected chi connectivity index (χ1v) is 9.20. The highest BCUT2D eigenvalue weighted by molar-refractivity contribution is 5.81. The fraction of sp³-hybridized carbons (Fsp3) is 0.632. The molecule has 2 aliphatic heterocycles. The molecule has 1 saturated carbocycles. The monoisotopic (exact) mass is 328 g/mol. The maximum absolute atomic E-state index is 5.48. The molecule has 1 aromatic carbocycles. The van der Waals surface area contributed by atoms with Crippen LogP contribution >= 0.6 is 0 Å². The Balaban J connectivity index is 1.31. The summed E-state index contributed by atoms with van der Waals surface area (Å²) in [7, 11) is 1.91. The summed E-state index contributed by atoms with van der Waals surface area (Å²) in [6.07, 6.45) is 2.44. The number of likely N-dealkylation sites (tertiary alicyclic amines) is 1. The van der Waals surface area contributed by atoms with Crippen molar-refractivity contribution in [3.8, 4) is 0 Å². The van der Waals surface area contributed by atoms with Crippen LogP contribution in [0.4, 0.5) is 0 Å². The molecule has 1 aliphatic carbocycles. The van der Waals surface area contributed by atoms with Crippen molar-refractivity contribution < 1.29 is 4.74 Å². The molecule has 4 rings (SSSR count). The fourth-order valence-corrected chi connectivity index (χ4v) is 4.06. The SMILES string of the molecule is CN=C(NC1CC1c1ccccc1)N1CCC(N2CCOCC2)C1. The Labute approximate surface area is 144 Å². The molecule has 2 saturated heterocycles. The molecule has 3 unspecified atom stereocenters. The van der Waals surface area contributed by atoms with Gasteiger partial charge in [0.1, 0.15) is 0 Å². The molecule has 2 heterocycles. The Morgan fingerprint density at radius 2 is 1.96 bits per heavy atom. The molecule has 1 N–H and O–H groups in total. The molecule has 0 aromatic heterocycles. The molecule has 0 bridgehead atoms. The molecule has 1 aromatic rings. The van der Waals surface area contributed by atoms with Crippen molar-refractivity contribution in [3.63, 3.8) is 0 Å². The number of nitrogens with zero attached hydrogens (tertiary/aromatic N) is 3. The van der Waals surface area contributed by atoms with Crippen molar-refractivity contribution in [2.45, 2.75) is 30.8 Å². The molecule has 0 radical (unpaired) electrons. The van der Waals surface area contributed by atoms with Crippen molar-refractivity contribution in [1.29, 1.82) is 0 Å². The van der Waals surface area contributed by atoms with Crippen molar-refractivity contribution in [2.24, 2.45) is 4.99 Å². The third-order valence-electron chi connectivity index (χ3n) is 5.57. The van der Waals surface area contributed by atoms with Crippen LogP contribution in [0, 0.1) is 0 Å². The molecule has 5 nitrogen and oxygen atoms in total. The van der Waals surface area contributed by atoms with Gasteiger partial charge in [-0.2, -0.15) is 0 Å². The zero-order valence-electron chi connectivity index (χ0n) is 14.5. The van der Waals surface area contributed by atoms with Crippen LogP contribution in [0.3, 0.4) is 0 Å². The molecule has 0 amide bonds. The Morgan fingerprint density at radius 3 is 2.71 bits per heavy atom. The maximum atomic E-state index is 5.48. The molecule has 3 fully saturated rings. The van der Waals surface area contributed by atoms with E-state index in [9.17, 15) is 0 Å². The number of rotatable bonds is 3. The van der Waals surface area contributed by atoms with Gasteiger partial charge in [0, 0.05) is 51.2 Å². The molecular formula is C19H28N4O. The van der Waals surface area contributed by atoms with Crippen molar-refractivity contribution in [3.05, 3.63) is 35.9 Å². The lowest BCUT2D eigenvalue weighted by Gasteiger charge is -2.32. The van der Waals surface area contributed by atoms with Crippen LogP contribution in [-0.4, -0.2) is 74.3 Å². The van der Waals surface area contributed by atoms with E-state index >= 15 is 0 Å². The van der Waals surface area contributed by atoms with Gasteiger partial charge in [0.05, 0.1) is 13.2 Å². The van der Waals surface area contributed by atoms with Crippen molar-refractivity contribution in [2.75, 3.05) is 46.4 Å². The molecule has 0 spiro atoms. The molecule has 3 atom stereocenters. The highest BCUT2D eigenvalue weighted by atomic mass is 16.5. The van der Waals surface area contributed by atoms with Gasteiger partial charge in [0.15, 0.2) is 5.96 Å². The maximum Gasteiger partial charge on any atom is 0.193 e. The van der Waals surface area contributed by atoms with E-state index in [4.69, 9.17) is 4.74 Å². The van der Waals surface area contributed by atoms with Crippen molar-refractivity contribution in [1.82, 2.24) is 15.1 Å². The first-order valence-electron chi connectivity index (χ1n) is 9.20. The largest absolute Gasteiger partial charge is 0.379 e. The van der Waals surface area contributed by atoms with Gasteiger partial charge in [0.25, 0.3) is 0 Å². The quantitative estimate of drug-likeness (QED) is 0.675. The van der Waals surface area contributed by atoms with Crippen LogP contribution in [0.2, 0.25) is 0 Å². The van der Waals surface area contributed by atoms with Gasteiger partial charge >= 0.3 is 0 Å². The van der Waals surface area contributed by atoms with Crippen LogP contribution in [0.15, 0.2) is 35.3 Å². The minimum atomic E-state index is 0.536. The van der Waals surface area contributed by atoms with E-state index in [-0.39, 0.29) is 0 Å². The van der Waals surface area contributed by atoms with Gasteiger partial charge in [-0.05, 0) is 18.4 Å². The predicted molar refractivity (Wildman–Crippen MR) is 96.5 cm³/mol. The van der Waals surface area contributed by atoms with Gasteiger partial charge in [-0.15, -0.1) is 0 Å². The molecule has 130 valence electrons. The van der Waals surface area contributed by atoms with Gasteiger partial charge in [-0.1, -0.05) is 30.3 Å². The smallest absolute Gasteiger partial charge is 0.193 e. The number of aliphatic imine (C=N–C) groups is 1. The standard InChI is InChI=1S/C19H28N4O/c1-20-19(21-18-13-17(18)15-5-3-2-4-6-15)23-8-7-16(14-23)22-9-11-24-12-10-22/h2-6,16-18H,7-14H2,1H3,(H,20,21). The summed E-state index contributed by atoms with van der Waals surface area (Å²) in [5.41, 5.74) is 1.44. The second-order valence-corrected chi connectivity index (χ2v) is 7.09. The zero-order valence-corrected chi connectivity index (χ0v) is 14.5. The molecule has 24 heavy (non-hydrogen) atoms. The Morgan fingerprint density at radius 1 is 1.17 bits per heavy atom. The lowest BCUT2D eigenvalue weighted by molar-refractivity contribution is 0.0195. The van der Waals surface area contributed by atoms with E-state index in [2.05, 4.69) is 50.4 Å². The highest BCUT2D eigenvalue weighted by Crippen LogP contribution is 2.40. The van der Waals surface area contributed by atoms with Crippen LogP contribution in [0.25, 0.3) is 0 Å². The van der Waals surface area contributed by atoms with E-state index in [1.807, 2.05) is 7.05 Å². The third kappa shape index (κ3) is 3.42. The lowest BCUT2D eigenvalue weighted by atomic mass is 10.1. The Hall–Kier alpha value is -1.59. The van der Waals surface area contributed by atoms with Gasteiger partial charge < -0.3 is 15.0 Å². The van der Waals surface area contributed by atoms with E-state index in [0.29, 0.717) is 18.0 Å².